The van der Waals surface area contributed by atoms with Crippen molar-refractivity contribution in [2.24, 2.45) is 5.41 Å². The fourth-order valence-electron chi connectivity index (χ4n) is 1.64. The zero-order chi connectivity index (χ0) is 13.2. The van der Waals surface area contributed by atoms with Crippen molar-refractivity contribution < 1.29 is 9.53 Å². The summed E-state index contributed by atoms with van der Waals surface area (Å²) in [5.41, 5.74) is 1.57. The first-order chi connectivity index (χ1) is 8.48. The molecule has 4 heteroatoms. The van der Waals surface area contributed by atoms with Crippen LogP contribution in [-0.2, 0) is 16.1 Å². The van der Waals surface area contributed by atoms with Crippen molar-refractivity contribution >= 4 is 17.0 Å². The van der Waals surface area contributed by atoms with Crippen molar-refractivity contribution in [3.8, 4) is 0 Å². The van der Waals surface area contributed by atoms with E-state index in [-0.39, 0.29) is 5.97 Å². The van der Waals surface area contributed by atoms with E-state index in [4.69, 9.17) is 4.74 Å². The van der Waals surface area contributed by atoms with Crippen LogP contribution < -0.4 is 0 Å². The van der Waals surface area contributed by atoms with Crippen LogP contribution in [0.25, 0.3) is 11.0 Å². The number of nitrogens with zero attached hydrogens (tertiary/aromatic N) is 2. The van der Waals surface area contributed by atoms with Gasteiger partial charge in [-0.15, -0.1) is 0 Å². The van der Waals surface area contributed by atoms with Crippen molar-refractivity contribution in [1.82, 2.24) is 9.55 Å². The molecule has 0 unspecified atom stereocenters. The number of rotatable bonds is 3. The number of benzene rings is 1. The molecule has 0 aliphatic heterocycles. The van der Waals surface area contributed by atoms with E-state index >= 15 is 0 Å². The van der Waals surface area contributed by atoms with Gasteiger partial charge in [0.2, 0.25) is 0 Å². The molecule has 1 heterocycles. The van der Waals surface area contributed by atoms with E-state index in [0.29, 0.717) is 13.2 Å². The number of fused-ring (bicyclic) bond motifs is 1. The van der Waals surface area contributed by atoms with Crippen LogP contribution in [0, 0.1) is 5.41 Å². The van der Waals surface area contributed by atoms with Gasteiger partial charge < -0.3 is 9.30 Å². The Morgan fingerprint density at radius 1 is 1.33 bits per heavy atom. The average Bonchev–Trinajstić information content (AvgIpc) is 2.71. The Morgan fingerprint density at radius 2 is 2.06 bits per heavy atom. The van der Waals surface area contributed by atoms with Gasteiger partial charge in [0.15, 0.2) is 0 Å². The van der Waals surface area contributed by atoms with Crippen LogP contribution in [0.4, 0.5) is 0 Å². The minimum absolute atomic E-state index is 0.174. The number of hydrogen-bond donors (Lipinski definition) is 0. The van der Waals surface area contributed by atoms with Gasteiger partial charge in [-0.25, -0.2) is 4.98 Å². The molecule has 0 fully saturated rings. The highest BCUT2D eigenvalue weighted by atomic mass is 16.5. The SMILES string of the molecule is CC(C)(C)C(=O)OCCn1cnc2ccccc21. The fraction of sp³-hybridized carbons (Fsp3) is 0.429. The van der Waals surface area contributed by atoms with Crippen LogP contribution in [0.5, 0.6) is 0 Å². The Hall–Kier alpha value is -1.84. The van der Waals surface area contributed by atoms with Gasteiger partial charge in [0.25, 0.3) is 0 Å². The van der Waals surface area contributed by atoms with Gasteiger partial charge in [-0.1, -0.05) is 12.1 Å². The first kappa shape index (κ1) is 12.6. The monoisotopic (exact) mass is 246 g/mol. The van der Waals surface area contributed by atoms with Crippen molar-refractivity contribution in [2.45, 2.75) is 27.3 Å². The molecular weight excluding hydrogens is 228 g/mol. The number of hydrogen-bond acceptors (Lipinski definition) is 3. The third-order valence-corrected chi connectivity index (χ3v) is 2.71. The van der Waals surface area contributed by atoms with Crippen LogP contribution >= 0.6 is 0 Å². The third-order valence-electron chi connectivity index (χ3n) is 2.71. The van der Waals surface area contributed by atoms with Crippen molar-refractivity contribution in [3.63, 3.8) is 0 Å². The molecule has 0 atom stereocenters. The number of esters is 1. The largest absolute Gasteiger partial charge is 0.463 e. The summed E-state index contributed by atoms with van der Waals surface area (Å²) in [7, 11) is 0. The average molecular weight is 246 g/mol. The van der Waals surface area contributed by atoms with E-state index in [1.165, 1.54) is 0 Å². The number of carbonyl (C=O) groups is 1. The first-order valence-electron chi connectivity index (χ1n) is 6.05. The molecule has 0 N–H and O–H groups in total. The molecule has 0 saturated carbocycles. The lowest BCUT2D eigenvalue weighted by molar-refractivity contribution is -0.153. The predicted octanol–water partition coefficient (Wildman–Crippen LogP) is 2.63. The van der Waals surface area contributed by atoms with Crippen molar-refractivity contribution in [3.05, 3.63) is 30.6 Å². The molecule has 0 bridgehead atoms. The number of aromatic nitrogens is 2. The van der Waals surface area contributed by atoms with E-state index in [1.54, 1.807) is 6.33 Å². The number of carbonyl (C=O) groups excluding carboxylic acids is 1. The molecule has 18 heavy (non-hydrogen) atoms. The summed E-state index contributed by atoms with van der Waals surface area (Å²) in [6.07, 6.45) is 1.77. The number of ether oxygens (including phenoxy) is 1. The molecule has 0 aliphatic rings. The highest BCUT2D eigenvalue weighted by molar-refractivity contribution is 5.76. The van der Waals surface area contributed by atoms with Crippen LogP contribution in [0.2, 0.25) is 0 Å². The maximum Gasteiger partial charge on any atom is 0.311 e. The van der Waals surface area contributed by atoms with Crippen molar-refractivity contribution in [2.75, 3.05) is 6.61 Å². The van der Waals surface area contributed by atoms with E-state index < -0.39 is 5.41 Å². The van der Waals surface area contributed by atoms with Gasteiger partial charge in [0.1, 0.15) is 6.61 Å². The summed E-state index contributed by atoms with van der Waals surface area (Å²) >= 11 is 0. The Morgan fingerprint density at radius 3 is 2.78 bits per heavy atom. The molecule has 0 radical (unpaired) electrons. The lowest BCUT2D eigenvalue weighted by Gasteiger charge is -2.16. The quantitative estimate of drug-likeness (QED) is 0.782. The number of imidazole rings is 1. The zero-order valence-corrected chi connectivity index (χ0v) is 11.0. The second-order valence-corrected chi connectivity index (χ2v) is 5.31. The smallest absolute Gasteiger partial charge is 0.311 e. The topological polar surface area (TPSA) is 44.1 Å². The second-order valence-electron chi connectivity index (χ2n) is 5.31. The molecule has 1 aromatic carbocycles. The van der Waals surface area contributed by atoms with Crippen LogP contribution in [-0.4, -0.2) is 22.1 Å². The molecule has 0 aliphatic carbocycles. The van der Waals surface area contributed by atoms with E-state index in [0.717, 1.165) is 11.0 Å². The van der Waals surface area contributed by atoms with Crippen LogP contribution in [0.15, 0.2) is 30.6 Å². The fourth-order valence-corrected chi connectivity index (χ4v) is 1.64. The molecule has 96 valence electrons. The second kappa shape index (κ2) is 4.80. The van der Waals surface area contributed by atoms with E-state index in [9.17, 15) is 4.79 Å². The normalized spacial score (nSPS) is 11.7. The highest BCUT2D eigenvalue weighted by Gasteiger charge is 2.22. The molecular formula is C14H18N2O2. The minimum Gasteiger partial charge on any atom is -0.463 e. The maximum absolute atomic E-state index is 11.6. The van der Waals surface area contributed by atoms with Crippen molar-refractivity contribution in [1.29, 1.82) is 0 Å². The van der Waals surface area contributed by atoms with Gasteiger partial charge in [0.05, 0.1) is 29.3 Å². The van der Waals surface area contributed by atoms with E-state index in [1.807, 2.05) is 49.6 Å². The van der Waals surface area contributed by atoms with E-state index in [2.05, 4.69) is 4.98 Å². The molecule has 4 nitrogen and oxygen atoms in total. The lowest BCUT2D eigenvalue weighted by Crippen LogP contribution is -2.24. The molecule has 0 amide bonds. The Kier molecular flexibility index (Phi) is 3.36. The lowest BCUT2D eigenvalue weighted by atomic mass is 9.97. The Labute approximate surface area is 107 Å². The summed E-state index contributed by atoms with van der Waals surface area (Å²) < 4.78 is 7.23. The summed E-state index contributed by atoms with van der Waals surface area (Å²) in [6, 6.07) is 7.90. The van der Waals surface area contributed by atoms with Gasteiger partial charge in [-0.2, -0.15) is 0 Å². The summed E-state index contributed by atoms with van der Waals surface area (Å²) in [5.74, 6) is -0.174. The minimum atomic E-state index is -0.447. The Bertz CT molecular complexity index is 552. The molecule has 2 rings (SSSR count). The third kappa shape index (κ3) is 2.70. The van der Waals surface area contributed by atoms with Gasteiger partial charge in [-0.3, -0.25) is 4.79 Å². The molecule has 1 aromatic heterocycles. The summed E-state index contributed by atoms with van der Waals surface area (Å²) in [6.45, 7) is 6.55. The molecule has 2 aromatic rings. The summed E-state index contributed by atoms with van der Waals surface area (Å²) in [5, 5.41) is 0. The van der Waals surface area contributed by atoms with Crippen LogP contribution in [0.1, 0.15) is 20.8 Å². The van der Waals surface area contributed by atoms with Gasteiger partial charge in [-0.05, 0) is 32.9 Å². The Balaban J connectivity index is 1.97. The van der Waals surface area contributed by atoms with Crippen LogP contribution in [0.3, 0.4) is 0 Å². The van der Waals surface area contributed by atoms with Gasteiger partial charge in [0, 0.05) is 0 Å². The predicted molar refractivity (Wildman–Crippen MR) is 70.1 cm³/mol. The number of para-hydroxylation sites is 2. The standard InChI is InChI=1S/C14H18N2O2/c1-14(2,3)13(17)18-9-8-16-10-15-11-6-4-5-7-12(11)16/h4-7,10H,8-9H2,1-3H3. The maximum atomic E-state index is 11.6. The summed E-state index contributed by atoms with van der Waals surface area (Å²) in [4.78, 5) is 15.9. The highest BCUT2D eigenvalue weighted by Crippen LogP contribution is 2.15. The first-order valence-corrected chi connectivity index (χ1v) is 6.05. The molecule has 0 saturated heterocycles. The molecule has 0 spiro atoms. The zero-order valence-electron chi connectivity index (χ0n) is 11.0. The van der Waals surface area contributed by atoms with Gasteiger partial charge >= 0.3 is 5.97 Å².